The number of anilines is 4. The molecule has 2 aromatic heterocycles. The van der Waals surface area contributed by atoms with Crippen LogP contribution in [0.25, 0.3) is 61.0 Å². The van der Waals surface area contributed by atoms with E-state index in [1.807, 2.05) is 72.9 Å². The third-order valence-corrected chi connectivity index (χ3v) is 13.9. The molecule has 0 aliphatic carbocycles. The summed E-state index contributed by atoms with van der Waals surface area (Å²) in [5.41, 5.74) is 13.7. The monoisotopic (exact) mass is 1140 g/mol. The molecule has 12 bridgehead atoms. The molecule has 10 aromatic rings. The van der Waals surface area contributed by atoms with Gasteiger partial charge in [0, 0.05) is 78.0 Å². The molecule has 0 fully saturated rings. The molecule has 6 nitrogen and oxygen atoms in total. The zero-order valence-electron chi connectivity index (χ0n) is 46.4. The number of nitrogens with zero attached hydrogens (tertiary/aromatic N) is 4. The van der Waals surface area contributed by atoms with Crippen LogP contribution in [0.1, 0.15) is 84.5 Å². The molecule has 0 spiro atoms. The fraction of sp³-hybridized carbons (Fsp3) is 0.182. The predicted octanol–water partition coefficient (Wildman–Crippen LogP) is 18.0. The fourth-order valence-corrected chi connectivity index (χ4v) is 10.0. The molecule has 0 atom stereocenters. The molecular formula is C66H57N4O2Pt-3. The first-order valence-electron chi connectivity index (χ1n) is 26.6. The van der Waals surface area contributed by atoms with Gasteiger partial charge in [0.15, 0.2) is 0 Å². The Kier molecular flexibility index (Phi) is 10.6. The molecule has 5 aliphatic heterocycles. The van der Waals surface area contributed by atoms with E-state index in [4.69, 9.17) is 18.6 Å². The molecule has 0 radical (unpaired) electrons. The van der Waals surface area contributed by atoms with E-state index in [9.17, 15) is 1.37 Å². The average molecular weight is 1140 g/mol. The van der Waals surface area contributed by atoms with Gasteiger partial charge in [-0.3, -0.25) is 0 Å². The van der Waals surface area contributed by atoms with Gasteiger partial charge in [-0.15, -0.1) is 48.1 Å². The Bertz CT molecular complexity index is 3950. The van der Waals surface area contributed by atoms with Crippen molar-refractivity contribution in [3.8, 4) is 62.2 Å². The minimum atomic E-state index is -0.362. The third-order valence-electron chi connectivity index (χ3n) is 13.9. The summed E-state index contributed by atoms with van der Waals surface area (Å²) in [5.74, 6) is 2.70. The van der Waals surface area contributed by atoms with Crippen molar-refractivity contribution in [3.63, 3.8) is 0 Å². The van der Waals surface area contributed by atoms with Crippen LogP contribution in [-0.4, -0.2) is 9.55 Å². The standard InChI is InChI=1S/C66H57N4O2.Pt/c1-64(2,3)45-34-44(35-46(36-45)65(4,5)6)53-20-15-19-52-42-24-28-48(29-25-42)71-49-30-26-43(27-31-49)56-40-67-62(39-57(56)66(7,8)9)70-58-21-11-10-18-54(58)55-33-32-51(38-61(55)70)72-50-17-14-16-47(37-50)68-41-69(63(52)53)60-23-13-12-22-59(60)68;/h10-36,39-41H,1-9H3;/q-3;/i10D,11D,18D,21D;. The van der Waals surface area contributed by atoms with E-state index in [1.165, 1.54) is 11.1 Å². The van der Waals surface area contributed by atoms with Crippen LogP contribution in [0.15, 0.2) is 176 Å². The number of fused-ring (bicyclic) bond motifs is 6. The molecule has 0 saturated carbocycles. The minimum absolute atomic E-state index is 0. The van der Waals surface area contributed by atoms with E-state index < -0.39 is 0 Å². The molecule has 366 valence electrons. The smallest absolute Gasteiger partial charge is 0.135 e. The van der Waals surface area contributed by atoms with Gasteiger partial charge in [0.1, 0.15) is 17.3 Å². The maximum Gasteiger partial charge on any atom is 0.135 e. The number of pyridine rings is 1. The number of hydrogen-bond donors (Lipinski definition) is 0. The molecule has 0 N–H and O–H groups in total. The number of benzene rings is 8. The Labute approximate surface area is 449 Å². The van der Waals surface area contributed by atoms with Crippen molar-refractivity contribution < 1.29 is 36.0 Å². The van der Waals surface area contributed by atoms with Gasteiger partial charge in [-0.1, -0.05) is 159 Å². The second-order valence-corrected chi connectivity index (χ2v) is 22.0. The molecule has 7 heterocycles. The van der Waals surface area contributed by atoms with Crippen molar-refractivity contribution in [1.29, 1.82) is 0 Å². The quantitative estimate of drug-likeness (QED) is 0.153. The molecule has 0 amide bonds. The predicted molar refractivity (Wildman–Crippen MR) is 297 cm³/mol. The number of ether oxygens (including phenoxy) is 2. The average Bonchev–Trinajstić information content (AvgIpc) is 4.03. The topological polar surface area (TPSA) is 42.8 Å². The zero-order chi connectivity index (χ0) is 53.2. The second-order valence-electron chi connectivity index (χ2n) is 22.0. The number of aromatic nitrogens is 2. The summed E-state index contributed by atoms with van der Waals surface area (Å²) in [6.45, 7) is 22.3. The van der Waals surface area contributed by atoms with E-state index in [0.29, 0.717) is 50.6 Å². The van der Waals surface area contributed by atoms with Crippen LogP contribution in [0.4, 0.5) is 22.7 Å². The third kappa shape index (κ3) is 8.70. The van der Waals surface area contributed by atoms with Crippen LogP contribution in [0.5, 0.6) is 23.0 Å². The van der Waals surface area contributed by atoms with Gasteiger partial charge in [0.25, 0.3) is 0 Å². The summed E-state index contributed by atoms with van der Waals surface area (Å²) in [5, 5.41) is 0.972. The van der Waals surface area contributed by atoms with Gasteiger partial charge in [0.2, 0.25) is 0 Å². The maximum atomic E-state index is 9.27. The first-order chi connectivity index (χ1) is 36.2. The normalized spacial score (nSPS) is 14.0. The van der Waals surface area contributed by atoms with E-state index in [0.717, 1.165) is 61.7 Å². The van der Waals surface area contributed by atoms with Gasteiger partial charge in [0.05, 0.1) is 5.48 Å². The summed E-state index contributed by atoms with van der Waals surface area (Å²) in [4.78, 5) is 9.51. The van der Waals surface area contributed by atoms with Gasteiger partial charge >= 0.3 is 0 Å². The Morgan fingerprint density at radius 1 is 0.534 bits per heavy atom. The van der Waals surface area contributed by atoms with Crippen molar-refractivity contribution in [3.05, 3.63) is 211 Å². The first-order valence-corrected chi connectivity index (χ1v) is 24.6. The van der Waals surface area contributed by atoms with Crippen molar-refractivity contribution in [2.45, 2.75) is 78.6 Å². The van der Waals surface area contributed by atoms with Gasteiger partial charge in [-0.05, 0) is 104 Å². The summed E-state index contributed by atoms with van der Waals surface area (Å²) in [7, 11) is 0. The van der Waals surface area contributed by atoms with Gasteiger partial charge in [-0.25, -0.2) is 4.98 Å². The van der Waals surface area contributed by atoms with E-state index in [1.54, 1.807) is 10.6 Å². The molecule has 73 heavy (non-hydrogen) atoms. The zero-order valence-corrected chi connectivity index (χ0v) is 44.7. The Balaban J connectivity index is 0.00000631. The van der Waals surface area contributed by atoms with Crippen molar-refractivity contribution in [2.75, 3.05) is 9.80 Å². The van der Waals surface area contributed by atoms with Crippen molar-refractivity contribution in [1.82, 2.24) is 9.55 Å². The molecular weight excluding hydrogens is 1080 g/mol. The molecule has 15 rings (SSSR count). The molecule has 0 saturated heterocycles. The Hall–Kier alpha value is -7.40. The summed E-state index contributed by atoms with van der Waals surface area (Å²) < 4.78 is 50.9. The molecule has 0 unspecified atom stereocenters. The van der Waals surface area contributed by atoms with Gasteiger partial charge in [-0.2, -0.15) is 12.1 Å². The van der Waals surface area contributed by atoms with Crippen LogP contribution in [0.2, 0.25) is 0 Å². The number of hydrogen-bond acceptors (Lipinski definition) is 5. The molecule has 7 heteroatoms. The second kappa shape index (κ2) is 18.0. The van der Waals surface area contributed by atoms with Crippen LogP contribution >= 0.6 is 0 Å². The fourth-order valence-electron chi connectivity index (χ4n) is 10.0. The molecule has 8 aromatic carbocycles. The van der Waals surface area contributed by atoms with Crippen LogP contribution in [0.3, 0.4) is 0 Å². The SMILES string of the molecule is [2H]c1c([2H])c([2H])c2c(c1[2H])c1ccc3[c-]c1n2-c1cc(C(C)(C)C)c(cn1)-c1ccc(cc1)Oc1ccc(cc1)-c1cccc(-c2cc(C(C)(C)C)cc(C(C)(C)C)c2)c1N1[CH-]N(c2[c-]c(ccc2)O3)c2ccccc21.[Pt]. The van der Waals surface area contributed by atoms with Crippen LogP contribution < -0.4 is 19.3 Å². The van der Waals surface area contributed by atoms with Crippen molar-refractivity contribution >= 4 is 44.6 Å². The van der Waals surface area contributed by atoms with Crippen LogP contribution in [0, 0.1) is 18.8 Å². The maximum absolute atomic E-state index is 9.27. The van der Waals surface area contributed by atoms with E-state index in [-0.39, 0.29) is 61.5 Å². The van der Waals surface area contributed by atoms with Crippen molar-refractivity contribution in [2.24, 2.45) is 0 Å². The number of rotatable bonds is 1. The van der Waals surface area contributed by atoms with E-state index >= 15 is 0 Å². The number of para-hydroxylation sites is 4. The molecule has 5 aliphatic rings. The van der Waals surface area contributed by atoms with Crippen LogP contribution in [-0.2, 0) is 37.3 Å². The largest absolute Gasteiger partial charge is 0.509 e. The van der Waals surface area contributed by atoms with E-state index in [2.05, 4.69) is 164 Å². The Morgan fingerprint density at radius 2 is 1.14 bits per heavy atom. The first kappa shape index (κ1) is 43.2. The Morgan fingerprint density at radius 3 is 1.79 bits per heavy atom. The summed E-state index contributed by atoms with van der Waals surface area (Å²) in [6.07, 6.45) is 1.85. The summed E-state index contributed by atoms with van der Waals surface area (Å²) >= 11 is 0. The minimum Gasteiger partial charge on any atom is -0.509 e. The van der Waals surface area contributed by atoms with Gasteiger partial charge < -0.3 is 23.8 Å². The summed E-state index contributed by atoms with van der Waals surface area (Å²) in [6, 6.07) is 56.1.